The van der Waals surface area contributed by atoms with E-state index in [0.29, 0.717) is 6.42 Å². The van der Waals surface area contributed by atoms with Crippen LogP contribution in [-0.2, 0) is 4.79 Å². The van der Waals surface area contributed by atoms with Crippen LogP contribution in [0.5, 0.6) is 0 Å². The molecule has 22 heavy (non-hydrogen) atoms. The summed E-state index contributed by atoms with van der Waals surface area (Å²) in [5.41, 5.74) is 0. The first kappa shape index (κ1) is 20.4. The lowest BCUT2D eigenvalue weighted by Gasteiger charge is -1.90. The molecule has 0 aliphatic carbocycles. The third kappa shape index (κ3) is 18.4. The van der Waals surface area contributed by atoms with Crippen molar-refractivity contribution in [2.45, 2.75) is 71.1 Å². The highest BCUT2D eigenvalue weighted by molar-refractivity contribution is 5.66. The van der Waals surface area contributed by atoms with E-state index in [-0.39, 0.29) is 6.42 Å². The number of hydrogen-bond acceptors (Lipinski definition) is 1. The Balaban J connectivity index is 3.35. The maximum absolute atomic E-state index is 10.3. The molecule has 0 unspecified atom stereocenters. The Morgan fingerprint density at radius 1 is 0.636 bits per heavy atom. The lowest BCUT2D eigenvalue weighted by Crippen LogP contribution is -1.91. The van der Waals surface area contributed by atoms with Gasteiger partial charge in [0.15, 0.2) is 0 Å². The fraction of sp³-hybridized carbons (Fsp3) is 0.550. The van der Waals surface area contributed by atoms with E-state index in [9.17, 15) is 4.79 Å². The highest BCUT2D eigenvalue weighted by Crippen LogP contribution is 2.01. The van der Waals surface area contributed by atoms with Crippen LogP contribution in [0.25, 0.3) is 0 Å². The van der Waals surface area contributed by atoms with Crippen LogP contribution in [0.1, 0.15) is 71.1 Å². The zero-order chi connectivity index (χ0) is 16.3. The Bertz CT molecular complexity index is 362. The second-order valence-corrected chi connectivity index (χ2v) is 5.34. The Morgan fingerprint density at radius 2 is 0.955 bits per heavy atom. The first-order chi connectivity index (χ1) is 10.8. The summed E-state index contributed by atoms with van der Waals surface area (Å²) in [6.07, 6.45) is 27.4. The summed E-state index contributed by atoms with van der Waals surface area (Å²) < 4.78 is 0. The van der Waals surface area contributed by atoms with Crippen molar-refractivity contribution in [1.82, 2.24) is 0 Å². The molecule has 0 aliphatic heterocycles. The Morgan fingerprint density at radius 3 is 1.27 bits per heavy atom. The van der Waals surface area contributed by atoms with E-state index in [2.05, 4.69) is 49.5 Å². The zero-order valence-electron chi connectivity index (χ0n) is 14.0. The lowest BCUT2D eigenvalue weighted by molar-refractivity contribution is -0.136. The minimum atomic E-state index is -0.727. The Labute approximate surface area is 136 Å². The molecule has 124 valence electrons. The molecule has 0 saturated heterocycles. The number of rotatable bonds is 14. The normalized spacial score (nSPS) is 12.4. The molecule has 0 spiro atoms. The summed E-state index contributed by atoms with van der Waals surface area (Å²) in [4.78, 5) is 10.3. The molecule has 0 aromatic heterocycles. The molecule has 0 fully saturated rings. The van der Waals surface area contributed by atoms with E-state index in [1.807, 2.05) is 6.08 Å². The SMILES string of the molecule is CCCC=CCCC=CCCC=CCCC=CCCC(=O)O. The van der Waals surface area contributed by atoms with Crippen molar-refractivity contribution >= 4 is 5.97 Å². The van der Waals surface area contributed by atoms with Crippen LogP contribution in [-0.4, -0.2) is 11.1 Å². The molecule has 0 aromatic rings. The van der Waals surface area contributed by atoms with Crippen LogP contribution in [0.4, 0.5) is 0 Å². The summed E-state index contributed by atoms with van der Waals surface area (Å²) >= 11 is 0. The number of allylic oxidation sites excluding steroid dienone is 8. The fourth-order valence-electron chi connectivity index (χ4n) is 1.89. The second-order valence-electron chi connectivity index (χ2n) is 5.34. The standard InChI is InChI=1S/C20H32O2/c1-2-3-4-5-6-7-8-9-10-11-12-13-14-15-16-17-18-19-20(21)22/h4-5,8-9,12-13,16-17H,2-3,6-7,10-11,14-15,18-19H2,1H3,(H,21,22). The number of unbranched alkanes of at least 4 members (excludes halogenated alkanes) is 4. The smallest absolute Gasteiger partial charge is 0.303 e. The molecule has 0 aliphatic rings. The summed E-state index contributed by atoms with van der Waals surface area (Å²) in [5, 5.41) is 8.49. The maximum Gasteiger partial charge on any atom is 0.303 e. The van der Waals surface area contributed by atoms with E-state index >= 15 is 0 Å². The molecule has 0 aromatic carbocycles. The van der Waals surface area contributed by atoms with E-state index < -0.39 is 5.97 Å². The summed E-state index contributed by atoms with van der Waals surface area (Å²) in [5.74, 6) is -0.727. The van der Waals surface area contributed by atoms with Gasteiger partial charge in [-0.15, -0.1) is 0 Å². The molecular weight excluding hydrogens is 272 g/mol. The van der Waals surface area contributed by atoms with Crippen LogP contribution >= 0.6 is 0 Å². The molecule has 0 rings (SSSR count). The van der Waals surface area contributed by atoms with E-state index in [1.54, 1.807) is 0 Å². The van der Waals surface area contributed by atoms with Gasteiger partial charge in [0.25, 0.3) is 0 Å². The zero-order valence-corrected chi connectivity index (χ0v) is 14.0. The van der Waals surface area contributed by atoms with Gasteiger partial charge in [-0.3, -0.25) is 4.79 Å². The lowest BCUT2D eigenvalue weighted by atomic mass is 10.2. The van der Waals surface area contributed by atoms with Crippen molar-refractivity contribution in [3.63, 3.8) is 0 Å². The average Bonchev–Trinajstić information content (AvgIpc) is 2.50. The molecule has 2 heteroatoms. The molecule has 0 radical (unpaired) electrons. The van der Waals surface area contributed by atoms with Crippen LogP contribution in [0.3, 0.4) is 0 Å². The predicted octanol–water partition coefficient (Wildman–Crippen LogP) is 6.22. The van der Waals surface area contributed by atoms with Crippen molar-refractivity contribution in [1.29, 1.82) is 0 Å². The van der Waals surface area contributed by atoms with E-state index in [4.69, 9.17) is 5.11 Å². The monoisotopic (exact) mass is 304 g/mol. The van der Waals surface area contributed by atoms with Gasteiger partial charge >= 0.3 is 5.97 Å². The van der Waals surface area contributed by atoms with Gasteiger partial charge < -0.3 is 5.11 Å². The van der Waals surface area contributed by atoms with Gasteiger partial charge in [0, 0.05) is 6.42 Å². The Kier molecular flexibility index (Phi) is 16.2. The van der Waals surface area contributed by atoms with Gasteiger partial charge in [0.2, 0.25) is 0 Å². The first-order valence-electron chi connectivity index (χ1n) is 8.59. The first-order valence-corrected chi connectivity index (χ1v) is 8.59. The number of carbonyl (C=O) groups is 1. The fourth-order valence-corrected chi connectivity index (χ4v) is 1.89. The molecule has 0 saturated carbocycles. The van der Waals surface area contributed by atoms with Crippen molar-refractivity contribution in [2.24, 2.45) is 0 Å². The molecule has 2 nitrogen and oxygen atoms in total. The second kappa shape index (κ2) is 17.5. The van der Waals surface area contributed by atoms with E-state index in [1.165, 1.54) is 12.8 Å². The number of hydrogen-bond donors (Lipinski definition) is 1. The van der Waals surface area contributed by atoms with Crippen LogP contribution in [0, 0.1) is 0 Å². The van der Waals surface area contributed by atoms with Crippen molar-refractivity contribution in [3.8, 4) is 0 Å². The minimum absolute atomic E-state index is 0.229. The summed E-state index contributed by atoms with van der Waals surface area (Å²) in [6.45, 7) is 2.20. The van der Waals surface area contributed by atoms with Gasteiger partial charge in [-0.25, -0.2) is 0 Å². The summed E-state index contributed by atoms with van der Waals surface area (Å²) in [6, 6.07) is 0. The highest BCUT2D eigenvalue weighted by Gasteiger charge is 1.90. The van der Waals surface area contributed by atoms with Crippen LogP contribution in [0.2, 0.25) is 0 Å². The van der Waals surface area contributed by atoms with Gasteiger partial charge in [-0.05, 0) is 51.4 Å². The van der Waals surface area contributed by atoms with Crippen molar-refractivity contribution in [2.75, 3.05) is 0 Å². The van der Waals surface area contributed by atoms with Gasteiger partial charge in [-0.2, -0.15) is 0 Å². The molecule has 1 N–H and O–H groups in total. The predicted molar refractivity (Wildman–Crippen MR) is 96.0 cm³/mol. The Hall–Kier alpha value is -1.57. The van der Waals surface area contributed by atoms with Crippen LogP contribution in [0.15, 0.2) is 48.6 Å². The van der Waals surface area contributed by atoms with Gasteiger partial charge in [-0.1, -0.05) is 62.0 Å². The number of aliphatic carboxylic acids is 1. The van der Waals surface area contributed by atoms with E-state index in [0.717, 1.165) is 38.5 Å². The average molecular weight is 304 g/mol. The number of carboxylic acid groups (broad SMARTS) is 1. The number of carboxylic acids is 1. The van der Waals surface area contributed by atoms with Crippen LogP contribution < -0.4 is 0 Å². The van der Waals surface area contributed by atoms with Crippen molar-refractivity contribution < 1.29 is 9.90 Å². The molecular formula is C20H32O2. The van der Waals surface area contributed by atoms with Crippen molar-refractivity contribution in [3.05, 3.63) is 48.6 Å². The molecule has 0 amide bonds. The molecule has 0 atom stereocenters. The topological polar surface area (TPSA) is 37.3 Å². The molecule has 0 heterocycles. The molecule has 0 bridgehead atoms. The highest BCUT2D eigenvalue weighted by atomic mass is 16.4. The largest absolute Gasteiger partial charge is 0.481 e. The summed E-state index contributed by atoms with van der Waals surface area (Å²) in [7, 11) is 0. The third-order valence-corrected chi connectivity index (χ3v) is 3.15. The van der Waals surface area contributed by atoms with Gasteiger partial charge in [0.1, 0.15) is 0 Å². The third-order valence-electron chi connectivity index (χ3n) is 3.15. The van der Waals surface area contributed by atoms with Gasteiger partial charge in [0.05, 0.1) is 0 Å². The quantitative estimate of drug-likeness (QED) is 0.305. The minimum Gasteiger partial charge on any atom is -0.481 e. The maximum atomic E-state index is 10.3.